The number of nitrogens with one attached hydrogen (secondary N) is 1. The van der Waals surface area contributed by atoms with E-state index in [9.17, 15) is 24.0 Å². The second kappa shape index (κ2) is 13.4. The molecule has 1 saturated heterocycles. The Balaban J connectivity index is 2.21. The van der Waals surface area contributed by atoms with E-state index in [4.69, 9.17) is 28.4 Å². The maximum atomic E-state index is 12.2. The molecule has 2 rings (SSSR count). The van der Waals surface area contributed by atoms with Gasteiger partial charge in [-0.2, -0.15) is 0 Å². The lowest BCUT2D eigenvalue weighted by Gasteiger charge is -2.44. The molecule has 0 aliphatic carbocycles. The zero-order valence-electron chi connectivity index (χ0n) is 19.9. The van der Waals surface area contributed by atoms with Gasteiger partial charge in [-0.1, -0.05) is 30.3 Å². The predicted octanol–water partition coefficient (Wildman–Crippen LogP) is 0.403. The summed E-state index contributed by atoms with van der Waals surface area (Å²) in [5.74, 6) is -3.35. The van der Waals surface area contributed by atoms with Crippen LogP contribution in [0.25, 0.3) is 0 Å². The minimum atomic E-state index is -1.35. The van der Waals surface area contributed by atoms with E-state index in [1.54, 1.807) is 24.3 Å². The van der Waals surface area contributed by atoms with Crippen molar-refractivity contribution in [2.24, 2.45) is 0 Å². The Kier molecular flexibility index (Phi) is 10.6. The molecule has 1 amide bonds. The molecular formula is C23H29NO11. The highest BCUT2D eigenvalue weighted by Gasteiger charge is 2.51. The molecule has 12 nitrogen and oxygen atoms in total. The maximum absolute atomic E-state index is 12.2. The molecule has 0 radical (unpaired) electrons. The van der Waals surface area contributed by atoms with Gasteiger partial charge in [-0.3, -0.25) is 19.2 Å². The molecule has 5 atom stereocenters. The largest absolute Gasteiger partial charge is 0.463 e. The van der Waals surface area contributed by atoms with Crippen LogP contribution in [0, 0.1) is 0 Å². The van der Waals surface area contributed by atoms with E-state index in [0.717, 1.165) is 19.4 Å². The van der Waals surface area contributed by atoms with Crippen LogP contribution in [0.1, 0.15) is 33.3 Å². The summed E-state index contributed by atoms with van der Waals surface area (Å²) in [6.07, 6.45) is -5.01. The summed E-state index contributed by atoms with van der Waals surface area (Å²) in [5.41, 5.74) is 0.770. The van der Waals surface area contributed by atoms with E-state index >= 15 is 0 Å². The van der Waals surface area contributed by atoms with Gasteiger partial charge in [0, 0.05) is 27.7 Å². The Labute approximate surface area is 202 Å². The number of rotatable bonds is 10. The summed E-state index contributed by atoms with van der Waals surface area (Å²) in [5, 5.41) is 2.54. The lowest BCUT2D eigenvalue weighted by atomic mass is 9.96. The number of esters is 4. The standard InChI is InChI=1S/C23H29NO11/c1-13(25)24-20-22(34-16(4)28)21(33-15(3)27)18(11-30-14(2)26)35-23(20)32-12-19(29)31-10-17-8-6-5-7-9-17/h5-9,18,20-23H,10-12H2,1-4H3,(H,24,25)/t18-,20-,21-,22-,23-/m1/s1. The van der Waals surface area contributed by atoms with Crippen molar-refractivity contribution >= 4 is 29.8 Å². The van der Waals surface area contributed by atoms with Crippen LogP contribution in [0.3, 0.4) is 0 Å². The minimum Gasteiger partial charge on any atom is -0.463 e. The highest BCUT2D eigenvalue weighted by Crippen LogP contribution is 2.28. The normalized spacial score (nSPS) is 23.5. The third-order valence-electron chi connectivity index (χ3n) is 4.68. The number of carbonyl (C=O) groups is 5. The van der Waals surface area contributed by atoms with Crippen LogP contribution in [0.2, 0.25) is 0 Å². The maximum Gasteiger partial charge on any atom is 0.332 e. The zero-order valence-corrected chi connectivity index (χ0v) is 19.9. The van der Waals surface area contributed by atoms with Gasteiger partial charge in [-0.15, -0.1) is 0 Å². The molecule has 0 spiro atoms. The molecule has 1 aliphatic heterocycles. The molecule has 1 aromatic carbocycles. The summed E-state index contributed by atoms with van der Waals surface area (Å²) in [7, 11) is 0. The van der Waals surface area contributed by atoms with Gasteiger partial charge in [0.1, 0.15) is 32.0 Å². The molecule has 1 fully saturated rings. The van der Waals surface area contributed by atoms with Crippen LogP contribution in [0.5, 0.6) is 0 Å². The van der Waals surface area contributed by atoms with Crippen molar-refractivity contribution in [3.63, 3.8) is 0 Å². The fourth-order valence-corrected chi connectivity index (χ4v) is 3.36. The molecular weight excluding hydrogens is 466 g/mol. The third-order valence-corrected chi connectivity index (χ3v) is 4.68. The summed E-state index contributed by atoms with van der Waals surface area (Å²) >= 11 is 0. The first-order chi connectivity index (χ1) is 16.6. The van der Waals surface area contributed by atoms with E-state index in [1.807, 2.05) is 6.07 Å². The number of hydrogen-bond acceptors (Lipinski definition) is 11. The first-order valence-electron chi connectivity index (χ1n) is 10.8. The van der Waals surface area contributed by atoms with Crippen LogP contribution in [-0.4, -0.2) is 73.6 Å². The molecule has 1 N–H and O–H groups in total. The highest BCUT2D eigenvalue weighted by atomic mass is 16.7. The fourth-order valence-electron chi connectivity index (χ4n) is 3.36. The van der Waals surface area contributed by atoms with E-state index in [-0.39, 0.29) is 13.2 Å². The van der Waals surface area contributed by atoms with Gasteiger partial charge in [0.05, 0.1) is 0 Å². The van der Waals surface area contributed by atoms with Crippen molar-refractivity contribution in [3.05, 3.63) is 35.9 Å². The molecule has 1 aromatic rings. The first kappa shape index (κ1) is 27.7. The number of benzene rings is 1. The molecule has 0 saturated carbocycles. The second-order valence-corrected chi connectivity index (χ2v) is 7.68. The molecule has 35 heavy (non-hydrogen) atoms. The Bertz CT molecular complexity index is 904. The van der Waals surface area contributed by atoms with Crippen LogP contribution in [0.15, 0.2) is 30.3 Å². The van der Waals surface area contributed by atoms with Gasteiger partial charge < -0.3 is 33.7 Å². The first-order valence-corrected chi connectivity index (χ1v) is 10.8. The van der Waals surface area contributed by atoms with Crippen LogP contribution in [0.4, 0.5) is 0 Å². The van der Waals surface area contributed by atoms with Gasteiger partial charge >= 0.3 is 23.9 Å². The topological polar surface area (TPSA) is 153 Å². The fraction of sp³-hybridized carbons (Fsp3) is 0.522. The van der Waals surface area contributed by atoms with Crippen LogP contribution in [-0.2, 0) is 59.0 Å². The average Bonchev–Trinajstić information content (AvgIpc) is 2.78. The Morgan fingerprint density at radius 2 is 1.49 bits per heavy atom. The van der Waals surface area contributed by atoms with Crippen molar-refractivity contribution in [1.29, 1.82) is 0 Å². The van der Waals surface area contributed by atoms with Crippen molar-refractivity contribution in [1.82, 2.24) is 5.32 Å². The van der Waals surface area contributed by atoms with E-state index < -0.39 is 67.0 Å². The van der Waals surface area contributed by atoms with Crippen LogP contribution < -0.4 is 5.32 Å². The summed E-state index contributed by atoms with van der Waals surface area (Å²) in [6, 6.07) is 7.81. The van der Waals surface area contributed by atoms with E-state index in [2.05, 4.69) is 5.32 Å². The zero-order chi connectivity index (χ0) is 26.0. The summed E-state index contributed by atoms with van der Waals surface area (Å²) in [6.45, 7) is 3.71. The minimum absolute atomic E-state index is 0.0172. The van der Waals surface area contributed by atoms with Crippen LogP contribution >= 0.6 is 0 Å². The molecule has 0 aromatic heterocycles. The predicted molar refractivity (Wildman–Crippen MR) is 116 cm³/mol. The van der Waals surface area contributed by atoms with Gasteiger partial charge in [-0.05, 0) is 5.56 Å². The Morgan fingerprint density at radius 1 is 0.857 bits per heavy atom. The summed E-state index contributed by atoms with van der Waals surface area (Å²) in [4.78, 5) is 59.0. The average molecular weight is 495 g/mol. The van der Waals surface area contributed by atoms with Gasteiger partial charge in [0.25, 0.3) is 0 Å². The monoisotopic (exact) mass is 495 g/mol. The Morgan fingerprint density at radius 3 is 2.06 bits per heavy atom. The number of amides is 1. The van der Waals surface area contributed by atoms with Gasteiger partial charge in [0.15, 0.2) is 18.5 Å². The molecule has 0 bridgehead atoms. The quantitative estimate of drug-likeness (QED) is 0.354. The summed E-state index contributed by atoms with van der Waals surface area (Å²) < 4.78 is 32.2. The van der Waals surface area contributed by atoms with E-state index in [0.29, 0.717) is 0 Å². The molecule has 0 unspecified atom stereocenters. The van der Waals surface area contributed by atoms with Crippen molar-refractivity contribution < 1.29 is 52.4 Å². The lowest BCUT2D eigenvalue weighted by molar-refractivity contribution is -0.277. The number of hydrogen-bond donors (Lipinski definition) is 1. The molecule has 192 valence electrons. The van der Waals surface area contributed by atoms with Crippen molar-refractivity contribution in [2.45, 2.75) is 64.9 Å². The highest BCUT2D eigenvalue weighted by molar-refractivity contribution is 5.74. The third kappa shape index (κ3) is 9.33. The number of ether oxygens (including phenoxy) is 6. The SMILES string of the molecule is CC(=O)N[C@H]1[C@H](OCC(=O)OCc2ccccc2)O[C@H](COC(C)=O)[C@@H](OC(C)=O)[C@@H]1OC(C)=O. The Hall–Kier alpha value is -3.51. The van der Waals surface area contributed by atoms with Gasteiger partial charge in [-0.25, -0.2) is 4.79 Å². The lowest BCUT2D eigenvalue weighted by Crippen LogP contribution is -2.66. The van der Waals surface area contributed by atoms with Gasteiger partial charge in [0.2, 0.25) is 5.91 Å². The second-order valence-electron chi connectivity index (χ2n) is 7.68. The smallest absolute Gasteiger partial charge is 0.332 e. The van der Waals surface area contributed by atoms with Crippen molar-refractivity contribution in [3.8, 4) is 0 Å². The molecule has 1 aliphatic rings. The number of carbonyl (C=O) groups excluding carboxylic acids is 5. The molecule has 12 heteroatoms. The molecule has 1 heterocycles. The van der Waals surface area contributed by atoms with E-state index in [1.165, 1.54) is 13.8 Å². The van der Waals surface area contributed by atoms with Crippen molar-refractivity contribution in [2.75, 3.05) is 13.2 Å².